The zero-order valence-electron chi connectivity index (χ0n) is 17.2. The monoisotopic (exact) mass is 401 g/mol. The van der Waals surface area contributed by atoms with Crippen LogP contribution in [0.25, 0.3) is 11.0 Å². The first-order valence-corrected chi connectivity index (χ1v) is 9.66. The maximum atomic E-state index is 12.6. The number of hydrogen-bond donors (Lipinski definition) is 2. The SMILES string of the molecule is Cc1cc(N)nc(C)c1CNC(=O)c1cnn(Cc2nc3ccccc3nc2C)c1. The van der Waals surface area contributed by atoms with Crippen LogP contribution in [0, 0.1) is 20.8 Å². The standard InChI is InChI=1S/C22H23N7O/c1-13-8-21(23)27-14(2)17(13)10-24-22(30)16-9-25-29(11-16)12-20-15(3)26-18-6-4-5-7-19(18)28-20/h4-9,11H,10,12H2,1-3H3,(H2,23,27)(H,24,30). The van der Waals surface area contributed by atoms with Gasteiger partial charge in [0.2, 0.25) is 0 Å². The van der Waals surface area contributed by atoms with Crippen LogP contribution in [0.2, 0.25) is 0 Å². The lowest BCUT2D eigenvalue weighted by atomic mass is 10.1. The Labute approximate surface area is 174 Å². The molecule has 1 aromatic carbocycles. The number of nitrogens with zero attached hydrogens (tertiary/aromatic N) is 5. The number of pyridine rings is 1. The van der Waals surface area contributed by atoms with Crippen molar-refractivity contribution >= 4 is 22.8 Å². The van der Waals surface area contributed by atoms with Gasteiger partial charge in [0.15, 0.2) is 0 Å². The van der Waals surface area contributed by atoms with E-state index in [1.165, 1.54) is 0 Å². The molecule has 0 spiro atoms. The zero-order valence-corrected chi connectivity index (χ0v) is 17.2. The Morgan fingerprint density at radius 2 is 1.80 bits per heavy atom. The van der Waals surface area contributed by atoms with Crippen LogP contribution in [0.4, 0.5) is 5.82 Å². The Bertz CT molecular complexity index is 1220. The van der Waals surface area contributed by atoms with Crippen molar-refractivity contribution in [2.75, 3.05) is 5.73 Å². The molecule has 8 nitrogen and oxygen atoms in total. The van der Waals surface area contributed by atoms with Gasteiger partial charge in [0, 0.05) is 18.4 Å². The summed E-state index contributed by atoms with van der Waals surface area (Å²) in [5.41, 5.74) is 12.4. The lowest BCUT2D eigenvalue weighted by Crippen LogP contribution is -2.23. The summed E-state index contributed by atoms with van der Waals surface area (Å²) < 4.78 is 1.70. The number of nitrogen functional groups attached to an aromatic ring is 1. The number of para-hydroxylation sites is 2. The van der Waals surface area contributed by atoms with E-state index in [0.29, 0.717) is 24.5 Å². The van der Waals surface area contributed by atoms with Gasteiger partial charge in [0.05, 0.1) is 40.7 Å². The number of benzene rings is 1. The first-order valence-electron chi connectivity index (χ1n) is 9.66. The zero-order chi connectivity index (χ0) is 21.3. The molecule has 0 aliphatic rings. The van der Waals surface area contributed by atoms with E-state index in [9.17, 15) is 4.79 Å². The Kier molecular flexibility index (Phi) is 5.14. The van der Waals surface area contributed by atoms with E-state index in [1.54, 1.807) is 23.1 Å². The number of aromatic nitrogens is 5. The predicted octanol–water partition coefficient (Wildman–Crippen LogP) is 2.71. The Hall–Kier alpha value is -3.81. The predicted molar refractivity (Wildman–Crippen MR) is 115 cm³/mol. The summed E-state index contributed by atoms with van der Waals surface area (Å²) in [6, 6.07) is 9.56. The van der Waals surface area contributed by atoms with E-state index in [2.05, 4.69) is 25.4 Å². The fourth-order valence-electron chi connectivity index (χ4n) is 3.42. The molecule has 0 atom stereocenters. The number of aryl methyl sites for hydroxylation is 3. The first kappa shape index (κ1) is 19.5. The summed E-state index contributed by atoms with van der Waals surface area (Å²) in [4.78, 5) is 26.1. The minimum atomic E-state index is -0.196. The third kappa shape index (κ3) is 3.98. The van der Waals surface area contributed by atoms with E-state index in [0.717, 1.165) is 39.2 Å². The van der Waals surface area contributed by atoms with E-state index in [-0.39, 0.29) is 5.91 Å². The summed E-state index contributed by atoms with van der Waals surface area (Å²) in [6.45, 7) is 6.59. The molecule has 30 heavy (non-hydrogen) atoms. The molecule has 0 aliphatic carbocycles. The number of nitrogens with two attached hydrogens (primary N) is 1. The highest BCUT2D eigenvalue weighted by Crippen LogP contribution is 2.15. The van der Waals surface area contributed by atoms with Crippen LogP contribution in [-0.4, -0.2) is 30.6 Å². The second kappa shape index (κ2) is 7.90. The fraction of sp³-hybridized carbons (Fsp3) is 0.227. The van der Waals surface area contributed by atoms with Crippen molar-refractivity contribution in [3.05, 3.63) is 76.5 Å². The van der Waals surface area contributed by atoms with Gasteiger partial charge < -0.3 is 11.1 Å². The molecule has 0 radical (unpaired) electrons. The van der Waals surface area contributed by atoms with E-state index in [1.807, 2.05) is 45.0 Å². The van der Waals surface area contributed by atoms with Crippen LogP contribution in [-0.2, 0) is 13.1 Å². The minimum Gasteiger partial charge on any atom is -0.384 e. The van der Waals surface area contributed by atoms with Crippen molar-refractivity contribution in [1.29, 1.82) is 0 Å². The molecule has 8 heteroatoms. The maximum absolute atomic E-state index is 12.6. The highest BCUT2D eigenvalue weighted by molar-refractivity contribution is 5.93. The lowest BCUT2D eigenvalue weighted by Gasteiger charge is -2.11. The van der Waals surface area contributed by atoms with Gasteiger partial charge in [-0.15, -0.1) is 0 Å². The van der Waals surface area contributed by atoms with Gasteiger partial charge in [-0.25, -0.2) is 15.0 Å². The summed E-state index contributed by atoms with van der Waals surface area (Å²) >= 11 is 0. The van der Waals surface area contributed by atoms with Crippen molar-refractivity contribution in [2.45, 2.75) is 33.9 Å². The van der Waals surface area contributed by atoms with Gasteiger partial charge in [-0.05, 0) is 50.1 Å². The highest BCUT2D eigenvalue weighted by Gasteiger charge is 2.13. The average molecular weight is 401 g/mol. The number of amides is 1. The molecule has 3 heterocycles. The second-order valence-electron chi connectivity index (χ2n) is 7.28. The van der Waals surface area contributed by atoms with E-state index in [4.69, 9.17) is 5.73 Å². The molecular weight excluding hydrogens is 378 g/mol. The summed E-state index contributed by atoms with van der Waals surface area (Å²) in [5.74, 6) is 0.284. The molecule has 3 N–H and O–H groups in total. The molecule has 0 aliphatic heterocycles. The number of nitrogens with one attached hydrogen (secondary N) is 1. The quantitative estimate of drug-likeness (QED) is 0.532. The fourth-order valence-corrected chi connectivity index (χ4v) is 3.42. The second-order valence-corrected chi connectivity index (χ2v) is 7.28. The average Bonchev–Trinajstić information content (AvgIpc) is 3.16. The molecule has 0 bridgehead atoms. The Balaban J connectivity index is 1.46. The highest BCUT2D eigenvalue weighted by atomic mass is 16.1. The van der Waals surface area contributed by atoms with E-state index >= 15 is 0 Å². The van der Waals surface area contributed by atoms with Gasteiger partial charge in [-0.2, -0.15) is 5.10 Å². The van der Waals surface area contributed by atoms with Gasteiger partial charge in [0.1, 0.15) is 5.82 Å². The topological polar surface area (TPSA) is 112 Å². The minimum absolute atomic E-state index is 0.196. The van der Waals surface area contributed by atoms with Crippen molar-refractivity contribution in [1.82, 2.24) is 30.0 Å². The number of carbonyl (C=O) groups excluding carboxylic acids is 1. The van der Waals surface area contributed by atoms with E-state index < -0.39 is 0 Å². The van der Waals surface area contributed by atoms with Crippen molar-refractivity contribution in [2.24, 2.45) is 0 Å². The van der Waals surface area contributed by atoms with Crippen molar-refractivity contribution in [3.63, 3.8) is 0 Å². The third-order valence-corrected chi connectivity index (χ3v) is 5.05. The molecule has 3 aromatic heterocycles. The van der Waals surface area contributed by atoms with Crippen LogP contribution in [0.1, 0.15) is 38.6 Å². The maximum Gasteiger partial charge on any atom is 0.254 e. The van der Waals surface area contributed by atoms with Crippen LogP contribution in [0.15, 0.2) is 42.7 Å². The van der Waals surface area contributed by atoms with Crippen LogP contribution < -0.4 is 11.1 Å². The number of carbonyl (C=O) groups is 1. The molecule has 0 fully saturated rings. The molecular formula is C22H23N7O. The molecule has 1 amide bonds. The number of rotatable bonds is 5. The first-order chi connectivity index (χ1) is 14.4. The van der Waals surface area contributed by atoms with Crippen LogP contribution in [0.5, 0.6) is 0 Å². The van der Waals surface area contributed by atoms with Gasteiger partial charge in [0.25, 0.3) is 5.91 Å². The summed E-state index contributed by atoms with van der Waals surface area (Å²) in [6.07, 6.45) is 3.27. The van der Waals surface area contributed by atoms with Crippen molar-refractivity contribution < 1.29 is 4.79 Å². The van der Waals surface area contributed by atoms with Gasteiger partial charge in [-0.1, -0.05) is 12.1 Å². The van der Waals surface area contributed by atoms with Gasteiger partial charge in [-0.3, -0.25) is 9.48 Å². The molecule has 4 rings (SSSR count). The normalized spacial score (nSPS) is 11.0. The Morgan fingerprint density at radius 1 is 1.07 bits per heavy atom. The molecule has 152 valence electrons. The molecule has 0 unspecified atom stereocenters. The number of anilines is 1. The number of hydrogen-bond acceptors (Lipinski definition) is 6. The number of fused-ring (bicyclic) bond motifs is 1. The smallest absolute Gasteiger partial charge is 0.254 e. The van der Waals surface area contributed by atoms with Gasteiger partial charge >= 0.3 is 0 Å². The molecule has 0 saturated carbocycles. The lowest BCUT2D eigenvalue weighted by molar-refractivity contribution is 0.0950. The van der Waals surface area contributed by atoms with Crippen molar-refractivity contribution in [3.8, 4) is 0 Å². The summed E-state index contributed by atoms with van der Waals surface area (Å²) in [5, 5.41) is 7.24. The Morgan fingerprint density at radius 3 is 2.53 bits per heavy atom. The largest absolute Gasteiger partial charge is 0.384 e. The summed E-state index contributed by atoms with van der Waals surface area (Å²) in [7, 11) is 0. The van der Waals surface area contributed by atoms with Crippen LogP contribution >= 0.6 is 0 Å². The third-order valence-electron chi connectivity index (χ3n) is 5.05. The molecule has 0 saturated heterocycles. The van der Waals surface area contributed by atoms with Crippen LogP contribution in [0.3, 0.4) is 0 Å². The molecule has 4 aromatic rings.